The fourth-order valence-corrected chi connectivity index (χ4v) is 6.48. The molecule has 2 N–H and O–H groups in total. The molecule has 3 aliphatic rings. The molecule has 2 aromatic heterocycles. The zero-order valence-electron chi connectivity index (χ0n) is 23.9. The lowest BCUT2D eigenvalue weighted by Gasteiger charge is -2.27. The van der Waals surface area contributed by atoms with Crippen molar-refractivity contribution in [2.24, 2.45) is 20.0 Å². The van der Waals surface area contributed by atoms with Gasteiger partial charge in [-0.3, -0.25) is 19.0 Å². The summed E-state index contributed by atoms with van der Waals surface area (Å²) in [5.41, 5.74) is 5.41. The van der Waals surface area contributed by atoms with E-state index in [2.05, 4.69) is 38.2 Å². The highest BCUT2D eigenvalue weighted by Gasteiger charge is 2.43. The molecule has 4 heterocycles. The minimum absolute atomic E-state index is 0.00912. The molecule has 0 radical (unpaired) electrons. The summed E-state index contributed by atoms with van der Waals surface area (Å²) >= 11 is 0. The highest BCUT2D eigenvalue weighted by atomic mass is 16.5. The molecule has 11 heteroatoms. The molecule has 1 aliphatic carbocycles. The number of aryl methyl sites for hydroxylation is 2. The van der Waals surface area contributed by atoms with E-state index >= 15 is 0 Å². The van der Waals surface area contributed by atoms with Crippen molar-refractivity contribution in [1.29, 1.82) is 0 Å². The van der Waals surface area contributed by atoms with E-state index in [1.54, 1.807) is 11.8 Å². The van der Waals surface area contributed by atoms with Gasteiger partial charge in [-0.25, -0.2) is 0 Å². The van der Waals surface area contributed by atoms with Crippen LogP contribution >= 0.6 is 0 Å². The molecule has 3 aromatic rings. The number of fused-ring (bicyclic) bond motifs is 1. The average molecular weight is 559 g/mol. The van der Waals surface area contributed by atoms with E-state index in [0.717, 1.165) is 54.1 Å². The Balaban J connectivity index is 1.15. The highest BCUT2D eigenvalue weighted by Crippen LogP contribution is 2.32. The van der Waals surface area contributed by atoms with Crippen LogP contribution in [-0.2, 0) is 36.5 Å². The molecule has 2 saturated heterocycles. The molecule has 4 atom stereocenters. The Bertz CT molecular complexity index is 1440. The third kappa shape index (κ3) is 5.76. The van der Waals surface area contributed by atoms with Crippen molar-refractivity contribution < 1.29 is 14.3 Å². The summed E-state index contributed by atoms with van der Waals surface area (Å²) in [6, 6.07) is 7.22. The van der Waals surface area contributed by atoms with Gasteiger partial charge in [-0.2, -0.15) is 5.10 Å². The summed E-state index contributed by atoms with van der Waals surface area (Å²) in [6.45, 7) is 1.73. The summed E-state index contributed by atoms with van der Waals surface area (Å²) in [5.74, 6) is 1.15. The molecule has 41 heavy (non-hydrogen) atoms. The second kappa shape index (κ2) is 11.5. The third-order valence-electron chi connectivity index (χ3n) is 8.77. The smallest absolute Gasteiger partial charge is 0.243 e. The summed E-state index contributed by atoms with van der Waals surface area (Å²) in [4.78, 5) is 29.3. The van der Waals surface area contributed by atoms with E-state index in [4.69, 9.17) is 4.74 Å². The van der Waals surface area contributed by atoms with E-state index in [0.29, 0.717) is 25.9 Å². The van der Waals surface area contributed by atoms with E-state index in [9.17, 15) is 9.59 Å². The number of carbonyl (C=O) groups is 2. The predicted molar refractivity (Wildman–Crippen MR) is 153 cm³/mol. The molecular formula is C30H38N8O3. The summed E-state index contributed by atoms with van der Waals surface area (Å²) in [6.07, 6.45) is 9.75. The Labute approximate surface area is 239 Å². The lowest BCUT2D eigenvalue weighted by atomic mass is 9.96. The van der Waals surface area contributed by atoms with E-state index < -0.39 is 6.04 Å². The van der Waals surface area contributed by atoms with Gasteiger partial charge in [-0.05, 0) is 72.9 Å². The normalized spacial score (nSPS) is 23.8. The second-order valence-electron chi connectivity index (χ2n) is 11.6. The van der Waals surface area contributed by atoms with Crippen molar-refractivity contribution in [3.8, 4) is 5.75 Å². The monoisotopic (exact) mass is 558 g/mol. The van der Waals surface area contributed by atoms with Gasteiger partial charge >= 0.3 is 0 Å². The standard InChI is InChI=1S/C30H38N8O3/c1-36-18-23(16-33-36)22-13-26(31-15-22)30(40)38-17-21(10-19-4-7-24(41-3)8-5-19)12-28(38)29(39)32-14-20-6-9-27-25(11-20)34-35-37(27)2/h4-5,7-8,11,16,18,21-22,26,28,31H,6,9-10,12-15,17H2,1-3H3,(H,32,39). The minimum atomic E-state index is -0.499. The van der Waals surface area contributed by atoms with Gasteiger partial charge in [0.15, 0.2) is 0 Å². The molecule has 6 rings (SSSR count). The van der Waals surface area contributed by atoms with Crippen LogP contribution in [0.1, 0.15) is 47.7 Å². The number of rotatable bonds is 8. The molecule has 2 fully saturated rings. The topological polar surface area (TPSA) is 119 Å². The van der Waals surface area contributed by atoms with Gasteiger partial charge in [-0.15, -0.1) is 5.10 Å². The minimum Gasteiger partial charge on any atom is -0.497 e. The fraction of sp³-hybridized carbons (Fsp3) is 0.500. The van der Waals surface area contributed by atoms with Gasteiger partial charge in [0.2, 0.25) is 11.8 Å². The quantitative estimate of drug-likeness (QED) is 0.431. The molecule has 11 nitrogen and oxygen atoms in total. The molecule has 4 unspecified atom stereocenters. The molecule has 0 spiro atoms. The number of hydrogen-bond donors (Lipinski definition) is 2. The van der Waals surface area contributed by atoms with Crippen LogP contribution in [-0.4, -0.2) is 80.3 Å². The summed E-state index contributed by atoms with van der Waals surface area (Å²) in [7, 11) is 5.46. The van der Waals surface area contributed by atoms with Crippen LogP contribution in [0.5, 0.6) is 5.75 Å². The molecule has 2 aliphatic heterocycles. The van der Waals surface area contributed by atoms with Crippen molar-refractivity contribution in [2.75, 3.05) is 26.7 Å². The first-order valence-corrected chi connectivity index (χ1v) is 14.4. The number of nitrogens with zero attached hydrogens (tertiary/aromatic N) is 6. The van der Waals surface area contributed by atoms with Crippen LogP contribution in [0.15, 0.2) is 42.2 Å². The van der Waals surface area contributed by atoms with Crippen molar-refractivity contribution in [3.05, 3.63) is 64.7 Å². The Hall–Kier alpha value is -3.99. The summed E-state index contributed by atoms with van der Waals surface area (Å²) in [5, 5.41) is 19.2. The van der Waals surface area contributed by atoms with Crippen molar-refractivity contribution in [2.45, 2.75) is 50.1 Å². The number of benzene rings is 1. The van der Waals surface area contributed by atoms with Crippen LogP contribution in [0.4, 0.5) is 0 Å². The van der Waals surface area contributed by atoms with Gasteiger partial charge < -0.3 is 20.3 Å². The number of likely N-dealkylation sites (tertiary alicyclic amines) is 1. The summed E-state index contributed by atoms with van der Waals surface area (Å²) < 4.78 is 8.90. The number of carbonyl (C=O) groups excluding carboxylic acids is 2. The highest BCUT2D eigenvalue weighted by molar-refractivity contribution is 5.91. The van der Waals surface area contributed by atoms with Crippen LogP contribution in [0, 0.1) is 5.92 Å². The average Bonchev–Trinajstić information content (AvgIpc) is 3.79. The maximum absolute atomic E-state index is 13.9. The number of aromatic nitrogens is 5. The Morgan fingerprint density at radius 2 is 1.98 bits per heavy atom. The van der Waals surface area contributed by atoms with Crippen LogP contribution in [0.2, 0.25) is 0 Å². The first-order valence-electron chi connectivity index (χ1n) is 14.4. The molecule has 0 bridgehead atoms. The van der Waals surface area contributed by atoms with E-state index in [1.165, 1.54) is 5.56 Å². The van der Waals surface area contributed by atoms with Crippen molar-refractivity contribution >= 4 is 17.9 Å². The second-order valence-corrected chi connectivity index (χ2v) is 11.6. The number of ether oxygens (including phenoxy) is 1. The van der Waals surface area contributed by atoms with Gasteiger partial charge in [0.25, 0.3) is 0 Å². The van der Waals surface area contributed by atoms with Gasteiger partial charge in [0, 0.05) is 45.8 Å². The molecular weight excluding hydrogens is 520 g/mol. The first-order chi connectivity index (χ1) is 19.9. The Morgan fingerprint density at radius 1 is 1.15 bits per heavy atom. The van der Waals surface area contributed by atoms with Crippen molar-refractivity contribution in [1.82, 2.24) is 40.3 Å². The van der Waals surface area contributed by atoms with E-state index in [1.807, 2.05) is 54.3 Å². The maximum atomic E-state index is 13.9. The molecule has 0 saturated carbocycles. The zero-order valence-corrected chi connectivity index (χ0v) is 23.9. The fourth-order valence-electron chi connectivity index (χ4n) is 6.48. The zero-order chi connectivity index (χ0) is 28.5. The lowest BCUT2D eigenvalue weighted by Crippen LogP contribution is -2.51. The van der Waals surface area contributed by atoms with Crippen LogP contribution in [0.3, 0.4) is 0 Å². The van der Waals surface area contributed by atoms with Gasteiger partial charge in [0.05, 0.1) is 25.0 Å². The van der Waals surface area contributed by atoms with Gasteiger partial charge in [-0.1, -0.05) is 17.3 Å². The largest absolute Gasteiger partial charge is 0.497 e. The molecule has 2 amide bonds. The number of hydrogen-bond acceptors (Lipinski definition) is 7. The van der Waals surface area contributed by atoms with Gasteiger partial charge in [0.1, 0.15) is 17.5 Å². The number of methoxy groups -OCH3 is 1. The number of nitrogens with one attached hydrogen (secondary N) is 2. The Kier molecular flexibility index (Phi) is 7.61. The van der Waals surface area contributed by atoms with Crippen LogP contribution < -0.4 is 15.4 Å². The number of amides is 2. The van der Waals surface area contributed by atoms with Crippen molar-refractivity contribution in [3.63, 3.8) is 0 Å². The molecule has 1 aromatic carbocycles. The molecule has 216 valence electrons. The SMILES string of the molecule is COc1ccc(CC2CC(C(=O)NCC3=Cc4nnn(C)c4CC3)N(C(=O)C3CC(c4cnn(C)c4)CN3)C2)cc1. The maximum Gasteiger partial charge on any atom is 0.243 e. The van der Waals surface area contributed by atoms with E-state index in [-0.39, 0.29) is 29.7 Å². The predicted octanol–water partition coefficient (Wildman–Crippen LogP) is 1.61. The van der Waals surface area contributed by atoms with Crippen LogP contribution in [0.25, 0.3) is 6.08 Å². The lowest BCUT2D eigenvalue weighted by molar-refractivity contribution is -0.139. The third-order valence-corrected chi connectivity index (χ3v) is 8.77. The first kappa shape index (κ1) is 27.2. The Morgan fingerprint density at radius 3 is 2.73 bits per heavy atom.